The van der Waals surface area contributed by atoms with Gasteiger partial charge in [-0.2, -0.15) is 0 Å². The second kappa shape index (κ2) is 8.12. The minimum absolute atomic E-state index is 0.0437. The molecule has 0 aromatic heterocycles. The van der Waals surface area contributed by atoms with Gasteiger partial charge in [0.15, 0.2) is 6.29 Å². The number of aromatic hydroxyl groups is 1. The molecule has 0 fully saturated rings. The highest BCUT2D eigenvalue weighted by molar-refractivity contribution is 5.91. The Bertz CT molecular complexity index is 832. The van der Waals surface area contributed by atoms with Gasteiger partial charge < -0.3 is 20.5 Å². The lowest BCUT2D eigenvalue weighted by Gasteiger charge is -2.23. The van der Waals surface area contributed by atoms with Crippen LogP contribution in [-0.2, 0) is 24.4 Å². The average molecular weight is 356 g/mol. The number of phenols is 1. The normalized spacial score (nSPS) is 12.5. The molecule has 0 aliphatic carbocycles. The second-order valence-electron chi connectivity index (χ2n) is 6.07. The number of methoxy groups -OCH3 is 1. The van der Waals surface area contributed by atoms with E-state index in [-0.39, 0.29) is 17.1 Å². The van der Waals surface area contributed by atoms with Crippen molar-refractivity contribution in [2.45, 2.75) is 19.7 Å². The number of phenolic OH excluding ortho intramolecular Hbond substituents is 1. The average Bonchev–Trinajstić information content (AvgIpc) is 2.66. The molecule has 1 heterocycles. The summed E-state index contributed by atoms with van der Waals surface area (Å²) in [5, 5.41) is 16.9. The standard InChI is InChI=1S/C20H21FN2O3/c1-26-12-18-15-3-2-8-23-19(15)20(25)17(11-24)16(18)10-22-9-13-4-6-14(21)7-5-13/h2-7,11,22-23,25H,8-10,12H2,1H3. The number of rotatable bonds is 7. The van der Waals surface area contributed by atoms with Crippen LogP contribution in [-0.4, -0.2) is 25.0 Å². The summed E-state index contributed by atoms with van der Waals surface area (Å²) in [6.07, 6.45) is 4.55. The first-order valence-corrected chi connectivity index (χ1v) is 8.36. The molecule has 6 heteroatoms. The topological polar surface area (TPSA) is 70.6 Å². The molecule has 0 unspecified atom stereocenters. The van der Waals surface area contributed by atoms with Crippen LogP contribution in [0.2, 0.25) is 0 Å². The molecule has 136 valence electrons. The van der Waals surface area contributed by atoms with Crippen LogP contribution in [0.15, 0.2) is 30.3 Å². The molecule has 3 N–H and O–H groups in total. The molecule has 2 aromatic carbocycles. The molecule has 0 saturated carbocycles. The van der Waals surface area contributed by atoms with Gasteiger partial charge in [-0.05, 0) is 28.8 Å². The number of ether oxygens (including phenoxy) is 1. The van der Waals surface area contributed by atoms with Crippen LogP contribution in [0, 0.1) is 5.82 Å². The summed E-state index contributed by atoms with van der Waals surface area (Å²) in [6.45, 7) is 1.80. The quantitative estimate of drug-likeness (QED) is 0.525. The summed E-state index contributed by atoms with van der Waals surface area (Å²) >= 11 is 0. The van der Waals surface area contributed by atoms with Gasteiger partial charge in [-0.3, -0.25) is 4.79 Å². The number of anilines is 1. The fraction of sp³-hybridized carbons (Fsp3) is 0.250. The summed E-state index contributed by atoms with van der Waals surface area (Å²) in [5.41, 5.74) is 4.14. The van der Waals surface area contributed by atoms with Gasteiger partial charge in [-0.15, -0.1) is 0 Å². The maximum Gasteiger partial charge on any atom is 0.154 e. The van der Waals surface area contributed by atoms with E-state index in [1.165, 1.54) is 12.1 Å². The van der Waals surface area contributed by atoms with Crippen molar-refractivity contribution < 1.29 is 19.0 Å². The maximum absolute atomic E-state index is 13.0. The smallest absolute Gasteiger partial charge is 0.154 e. The molecule has 1 aliphatic rings. The highest BCUT2D eigenvalue weighted by Gasteiger charge is 2.23. The summed E-state index contributed by atoms with van der Waals surface area (Å²) in [5.74, 6) is -0.323. The maximum atomic E-state index is 13.0. The fourth-order valence-electron chi connectivity index (χ4n) is 3.15. The Balaban J connectivity index is 1.91. The van der Waals surface area contributed by atoms with Crippen LogP contribution < -0.4 is 10.6 Å². The van der Waals surface area contributed by atoms with Crippen LogP contribution in [0.5, 0.6) is 5.75 Å². The zero-order chi connectivity index (χ0) is 18.5. The Kier molecular flexibility index (Phi) is 5.65. The van der Waals surface area contributed by atoms with E-state index in [4.69, 9.17) is 4.74 Å². The summed E-state index contributed by atoms with van der Waals surface area (Å²) < 4.78 is 18.3. The minimum Gasteiger partial charge on any atom is -0.505 e. The first-order valence-electron chi connectivity index (χ1n) is 8.36. The number of benzene rings is 2. The number of halogens is 1. The number of carbonyl (C=O) groups excluding carboxylic acids is 1. The van der Waals surface area contributed by atoms with Crippen molar-refractivity contribution >= 4 is 18.0 Å². The monoisotopic (exact) mass is 356 g/mol. The third-order valence-corrected chi connectivity index (χ3v) is 4.41. The second-order valence-corrected chi connectivity index (χ2v) is 6.07. The number of hydrogen-bond acceptors (Lipinski definition) is 5. The van der Waals surface area contributed by atoms with E-state index < -0.39 is 0 Å². The lowest BCUT2D eigenvalue weighted by atomic mass is 9.92. The molecular formula is C20H21FN2O3. The van der Waals surface area contributed by atoms with Gasteiger partial charge in [-0.1, -0.05) is 24.3 Å². The lowest BCUT2D eigenvalue weighted by molar-refractivity contribution is 0.111. The molecule has 5 nitrogen and oxygen atoms in total. The van der Waals surface area contributed by atoms with E-state index in [1.54, 1.807) is 19.2 Å². The molecule has 0 saturated heterocycles. The largest absolute Gasteiger partial charge is 0.505 e. The molecule has 1 aliphatic heterocycles. The molecule has 0 spiro atoms. The molecule has 2 aromatic rings. The number of carbonyl (C=O) groups is 1. The Morgan fingerprint density at radius 3 is 2.73 bits per heavy atom. The van der Waals surface area contributed by atoms with Crippen molar-refractivity contribution in [3.05, 3.63) is 64.0 Å². The Morgan fingerprint density at radius 2 is 2.04 bits per heavy atom. The van der Waals surface area contributed by atoms with Crippen LogP contribution in [0.25, 0.3) is 6.08 Å². The van der Waals surface area contributed by atoms with Gasteiger partial charge >= 0.3 is 0 Å². The lowest BCUT2D eigenvalue weighted by Crippen LogP contribution is -2.18. The van der Waals surface area contributed by atoms with Gasteiger partial charge in [0.05, 0.1) is 17.9 Å². The molecular weight excluding hydrogens is 335 g/mol. The number of aldehydes is 1. The van der Waals surface area contributed by atoms with Gasteiger partial charge in [0, 0.05) is 32.3 Å². The summed E-state index contributed by atoms with van der Waals surface area (Å²) in [7, 11) is 1.59. The molecule has 0 radical (unpaired) electrons. The van der Waals surface area contributed by atoms with Gasteiger partial charge in [-0.25, -0.2) is 4.39 Å². The van der Waals surface area contributed by atoms with E-state index in [0.29, 0.717) is 43.8 Å². The fourth-order valence-corrected chi connectivity index (χ4v) is 3.15. The van der Waals surface area contributed by atoms with Crippen molar-refractivity contribution in [2.24, 2.45) is 0 Å². The number of hydrogen-bond donors (Lipinski definition) is 3. The van der Waals surface area contributed by atoms with E-state index in [2.05, 4.69) is 10.6 Å². The van der Waals surface area contributed by atoms with E-state index >= 15 is 0 Å². The SMILES string of the molecule is COCc1c2c(c(O)c(C=O)c1CNCc1ccc(F)cc1)NCC=C2. The minimum atomic E-state index is -0.279. The van der Waals surface area contributed by atoms with E-state index in [0.717, 1.165) is 16.7 Å². The number of nitrogens with one attached hydrogen (secondary N) is 2. The van der Waals surface area contributed by atoms with Crippen LogP contribution in [0.3, 0.4) is 0 Å². The van der Waals surface area contributed by atoms with Crippen LogP contribution in [0.1, 0.15) is 32.6 Å². The summed E-state index contributed by atoms with van der Waals surface area (Å²) in [4.78, 5) is 11.6. The third kappa shape index (κ3) is 3.61. The van der Waals surface area contributed by atoms with Crippen molar-refractivity contribution in [3.63, 3.8) is 0 Å². The number of fused-ring (bicyclic) bond motifs is 1. The Morgan fingerprint density at radius 1 is 1.27 bits per heavy atom. The zero-order valence-electron chi connectivity index (χ0n) is 14.5. The van der Waals surface area contributed by atoms with E-state index in [1.807, 2.05) is 12.2 Å². The molecule has 0 atom stereocenters. The zero-order valence-corrected chi connectivity index (χ0v) is 14.5. The van der Waals surface area contributed by atoms with Gasteiger partial charge in [0.1, 0.15) is 11.6 Å². The Labute approximate surface area is 151 Å². The van der Waals surface area contributed by atoms with Crippen molar-refractivity contribution in [1.29, 1.82) is 0 Å². The van der Waals surface area contributed by atoms with Crippen LogP contribution >= 0.6 is 0 Å². The van der Waals surface area contributed by atoms with E-state index in [9.17, 15) is 14.3 Å². The molecule has 0 bridgehead atoms. The van der Waals surface area contributed by atoms with Crippen molar-refractivity contribution in [2.75, 3.05) is 19.0 Å². The summed E-state index contributed by atoms with van der Waals surface area (Å²) in [6, 6.07) is 6.23. The first kappa shape index (κ1) is 18.1. The van der Waals surface area contributed by atoms with Crippen molar-refractivity contribution in [3.8, 4) is 5.75 Å². The molecule has 3 rings (SSSR count). The van der Waals surface area contributed by atoms with Crippen LogP contribution in [0.4, 0.5) is 10.1 Å². The van der Waals surface area contributed by atoms with Gasteiger partial charge in [0.2, 0.25) is 0 Å². The Hall–Kier alpha value is -2.70. The highest BCUT2D eigenvalue weighted by atomic mass is 19.1. The van der Waals surface area contributed by atoms with Crippen molar-refractivity contribution in [1.82, 2.24) is 5.32 Å². The predicted octanol–water partition coefficient (Wildman–Crippen LogP) is 3.22. The van der Waals surface area contributed by atoms with Gasteiger partial charge in [0.25, 0.3) is 0 Å². The highest BCUT2D eigenvalue weighted by Crippen LogP contribution is 2.39. The molecule has 26 heavy (non-hydrogen) atoms. The molecule has 0 amide bonds. The predicted molar refractivity (Wildman–Crippen MR) is 98.7 cm³/mol. The third-order valence-electron chi connectivity index (χ3n) is 4.41. The first-order chi connectivity index (χ1) is 12.7.